The first-order chi connectivity index (χ1) is 9.59. The average Bonchev–Trinajstić information content (AvgIpc) is 2.71. The molecule has 1 N–H and O–H groups in total. The first-order valence-electron chi connectivity index (χ1n) is 6.42. The predicted molar refractivity (Wildman–Crippen MR) is 67.7 cm³/mol. The van der Waals surface area contributed by atoms with E-state index in [1.54, 1.807) is 0 Å². The summed E-state index contributed by atoms with van der Waals surface area (Å²) in [6.45, 7) is 0.986. The lowest BCUT2D eigenvalue weighted by atomic mass is 10.1. The third kappa shape index (κ3) is 1.89. The van der Waals surface area contributed by atoms with Crippen molar-refractivity contribution in [2.75, 3.05) is 13.2 Å². The number of ether oxygens (including phenoxy) is 1. The number of carbonyl (C=O) groups is 3. The Morgan fingerprint density at radius 3 is 2.65 bits per heavy atom. The summed E-state index contributed by atoms with van der Waals surface area (Å²) in [5.74, 6) is -1.91. The van der Waals surface area contributed by atoms with E-state index >= 15 is 0 Å². The molecular weight excluding hydrogens is 262 g/mol. The normalized spacial score (nSPS) is 22.0. The molecular formula is C14H13NO5. The summed E-state index contributed by atoms with van der Waals surface area (Å²) in [7, 11) is 0. The number of rotatable bonds is 2. The van der Waals surface area contributed by atoms with Gasteiger partial charge in [0.15, 0.2) is 0 Å². The van der Waals surface area contributed by atoms with Crippen molar-refractivity contribution in [2.24, 2.45) is 0 Å². The highest BCUT2D eigenvalue weighted by molar-refractivity contribution is 6.22. The molecule has 0 bridgehead atoms. The Labute approximate surface area is 114 Å². The number of carboxylic acid groups (broad SMARTS) is 1. The minimum absolute atomic E-state index is 0.00615. The zero-order valence-electron chi connectivity index (χ0n) is 10.7. The zero-order chi connectivity index (χ0) is 14.3. The number of hydrogen-bond donors (Lipinski definition) is 1. The quantitative estimate of drug-likeness (QED) is 0.819. The van der Waals surface area contributed by atoms with Gasteiger partial charge in [-0.3, -0.25) is 14.5 Å². The van der Waals surface area contributed by atoms with Crippen LogP contribution in [0.5, 0.6) is 0 Å². The molecule has 2 aliphatic heterocycles. The Kier molecular flexibility index (Phi) is 3.02. The zero-order valence-corrected chi connectivity index (χ0v) is 10.7. The van der Waals surface area contributed by atoms with Crippen molar-refractivity contribution < 1.29 is 24.2 Å². The third-order valence-electron chi connectivity index (χ3n) is 3.67. The number of nitrogens with zero attached hydrogens (tertiary/aromatic N) is 1. The summed E-state index contributed by atoms with van der Waals surface area (Å²) in [4.78, 5) is 36.8. The summed E-state index contributed by atoms with van der Waals surface area (Å²) in [5, 5.41) is 8.95. The van der Waals surface area contributed by atoms with Crippen LogP contribution >= 0.6 is 0 Å². The second-order valence-corrected chi connectivity index (χ2v) is 4.92. The van der Waals surface area contributed by atoms with Crippen molar-refractivity contribution in [2.45, 2.75) is 18.9 Å². The van der Waals surface area contributed by atoms with Gasteiger partial charge in [-0.2, -0.15) is 0 Å². The van der Waals surface area contributed by atoms with Gasteiger partial charge in [-0.15, -0.1) is 0 Å². The second kappa shape index (κ2) is 4.72. The molecule has 0 aromatic heterocycles. The molecule has 1 aromatic rings. The van der Waals surface area contributed by atoms with Crippen LogP contribution < -0.4 is 0 Å². The fourth-order valence-corrected chi connectivity index (χ4v) is 2.65. The number of carboxylic acids is 1. The lowest BCUT2D eigenvalue weighted by Gasteiger charge is -2.29. The van der Waals surface area contributed by atoms with Crippen LogP contribution in [0.25, 0.3) is 0 Å². The standard InChI is InChI=1S/C14H13NO5/c16-12-10-4-3-8(14(18)19)6-11(10)13(17)15(12)9-2-1-5-20-7-9/h3-4,6,9H,1-2,5,7H2,(H,18,19). The van der Waals surface area contributed by atoms with Crippen molar-refractivity contribution in [3.8, 4) is 0 Å². The molecule has 1 unspecified atom stereocenters. The molecule has 1 saturated heterocycles. The van der Waals surface area contributed by atoms with Crippen LogP contribution in [0.4, 0.5) is 0 Å². The maximum Gasteiger partial charge on any atom is 0.335 e. The third-order valence-corrected chi connectivity index (χ3v) is 3.67. The molecule has 0 saturated carbocycles. The van der Waals surface area contributed by atoms with E-state index in [4.69, 9.17) is 9.84 Å². The van der Waals surface area contributed by atoms with Gasteiger partial charge in [0.2, 0.25) is 0 Å². The highest BCUT2D eigenvalue weighted by Crippen LogP contribution is 2.28. The maximum atomic E-state index is 12.3. The molecule has 6 heteroatoms. The van der Waals surface area contributed by atoms with E-state index in [-0.39, 0.29) is 28.6 Å². The van der Waals surface area contributed by atoms with Crippen molar-refractivity contribution in [3.63, 3.8) is 0 Å². The van der Waals surface area contributed by atoms with E-state index in [0.29, 0.717) is 13.2 Å². The predicted octanol–water partition coefficient (Wildman–Crippen LogP) is 1.16. The van der Waals surface area contributed by atoms with Crippen LogP contribution in [0.15, 0.2) is 18.2 Å². The highest BCUT2D eigenvalue weighted by Gasteiger charge is 2.40. The molecule has 104 valence electrons. The summed E-state index contributed by atoms with van der Waals surface area (Å²) in [5.41, 5.74) is 0.442. The van der Waals surface area contributed by atoms with E-state index < -0.39 is 11.9 Å². The van der Waals surface area contributed by atoms with Crippen LogP contribution in [0.3, 0.4) is 0 Å². The first kappa shape index (κ1) is 12.8. The fourth-order valence-electron chi connectivity index (χ4n) is 2.65. The van der Waals surface area contributed by atoms with E-state index in [0.717, 1.165) is 12.8 Å². The molecule has 0 aliphatic carbocycles. The van der Waals surface area contributed by atoms with Crippen molar-refractivity contribution >= 4 is 17.8 Å². The number of benzene rings is 1. The van der Waals surface area contributed by atoms with Crippen molar-refractivity contribution in [3.05, 3.63) is 34.9 Å². The molecule has 6 nitrogen and oxygen atoms in total. The van der Waals surface area contributed by atoms with Crippen molar-refractivity contribution in [1.82, 2.24) is 4.90 Å². The first-order valence-corrected chi connectivity index (χ1v) is 6.42. The molecule has 1 atom stereocenters. The van der Waals surface area contributed by atoms with E-state index in [9.17, 15) is 14.4 Å². The van der Waals surface area contributed by atoms with Gasteiger partial charge in [0.25, 0.3) is 11.8 Å². The van der Waals surface area contributed by atoms with Gasteiger partial charge < -0.3 is 9.84 Å². The highest BCUT2D eigenvalue weighted by atomic mass is 16.5. The van der Waals surface area contributed by atoms with Crippen LogP contribution in [-0.2, 0) is 4.74 Å². The summed E-state index contributed by atoms with van der Waals surface area (Å²) in [6.07, 6.45) is 1.52. The van der Waals surface area contributed by atoms with Crippen molar-refractivity contribution in [1.29, 1.82) is 0 Å². The van der Waals surface area contributed by atoms with Gasteiger partial charge in [0.1, 0.15) is 0 Å². The molecule has 1 fully saturated rings. The molecule has 1 aromatic carbocycles. The number of hydrogen-bond acceptors (Lipinski definition) is 4. The van der Waals surface area contributed by atoms with Gasteiger partial charge in [0, 0.05) is 6.61 Å². The van der Waals surface area contributed by atoms with Gasteiger partial charge in [0.05, 0.1) is 29.3 Å². The molecule has 0 radical (unpaired) electrons. The van der Waals surface area contributed by atoms with Gasteiger partial charge in [-0.1, -0.05) is 0 Å². The van der Waals surface area contributed by atoms with Crippen LogP contribution in [0.1, 0.15) is 43.9 Å². The second-order valence-electron chi connectivity index (χ2n) is 4.92. The van der Waals surface area contributed by atoms with Gasteiger partial charge in [-0.05, 0) is 31.0 Å². The molecule has 20 heavy (non-hydrogen) atoms. The Balaban J connectivity index is 1.96. The number of imide groups is 1. The number of carbonyl (C=O) groups excluding carboxylic acids is 2. The van der Waals surface area contributed by atoms with Gasteiger partial charge >= 0.3 is 5.97 Å². The molecule has 2 aliphatic rings. The molecule has 2 heterocycles. The topological polar surface area (TPSA) is 83.9 Å². The summed E-state index contributed by atoms with van der Waals surface area (Å²) in [6, 6.07) is 3.75. The summed E-state index contributed by atoms with van der Waals surface area (Å²) < 4.78 is 5.31. The minimum Gasteiger partial charge on any atom is -0.478 e. The van der Waals surface area contributed by atoms with Gasteiger partial charge in [-0.25, -0.2) is 4.79 Å². The Bertz CT molecular complexity index is 604. The molecule has 3 rings (SSSR count). The number of aromatic carboxylic acids is 1. The Hall–Kier alpha value is -2.21. The van der Waals surface area contributed by atoms with Crippen LogP contribution in [-0.4, -0.2) is 47.0 Å². The molecule has 0 spiro atoms. The fraction of sp³-hybridized carbons (Fsp3) is 0.357. The van der Waals surface area contributed by atoms with E-state index in [1.807, 2.05) is 0 Å². The van der Waals surface area contributed by atoms with Crippen LogP contribution in [0.2, 0.25) is 0 Å². The smallest absolute Gasteiger partial charge is 0.335 e. The lowest BCUT2D eigenvalue weighted by molar-refractivity contribution is 0.0193. The van der Waals surface area contributed by atoms with Crippen LogP contribution in [0, 0.1) is 0 Å². The SMILES string of the molecule is O=C(O)c1ccc2c(c1)C(=O)N(C1CCCOC1)C2=O. The van der Waals surface area contributed by atoms with E-state index in [2.05, 4.69) is 0 Å². The number of fused-ring (bicyclic) bond motifs is 1. The summed E-state index contributed by atoms with van der Waals surface area (Å²) >= 11 is 0. The number of amides is 2. The largest absolute Gasteiger partial charge is 0.478 e. The average molecular weight is 275 g/mol. The lowest BCUT2D eigenvalue weighted by Crippen LogP contribution is -2.44. The van der Waals surface area contributed by atoms with E-state index in [1.165, 1.54) is 23.1 Å². The Morgan fingerprint density at radius 2 is 2.00 bits per heavy atom. The monoisotopic (exact) mass is 275 g/mol. The maximum absolute atomic E-state index is 12.3. The molecule has 2 amide bonds. The minimum atomic E-state index is -1.12. The Morgan fingerprint density at radius 1 is 1.25 bits per heavy atom.